The molecule has 0 aromatic heterocycles. The number of anilines is 1. The summed E-state index contributed by atoms with van der Waals surface area (Å²) in [5.74, 6) is -2.07. The highest BCUT2D eigenvalue weighted by Crippen LogP contribution is 2.25. The van der Waals surface area contributed by atoms with Gasteiger partial charge in [0.05, 0.1) is 18.0 Å². The Hall–Kier alpha value is -2.06. The highest BCUT2D eigenvalue weighted by Gasteiger charge is 2.15. The van der Waals surface area contributed by atoms with Crippen LogP contribution in [0.15, 0.2) is 52.3 Å². The van der Waals surface area contributed by atoms with E-state index in [1.165, 1.54) is 29.8 Å². The van der Waals surface area contributed by atoms with Gasteiger partial charge in [0.2, 0.25) is 11.8 Å². The molecule has 0 heterocycles. The Morgan fingerprint density at radius 3 is 2.54 bits per heavy atom. The van der Waals surface area contributed by atoms with Crippen LogP contribution in [0, 0.1) is 11.6 Å². The summed E-state index contributed by atoms with van der Waals surface area (Å²) in [5.41, 5.74) is 0.689. The third-order valence-corrected chi connectivity index (χ3v) is 5.26. The minimum Gasteiger partial charge on any atom is -0.336 e. The molecule has 2 rings (SSSR count). The predicted octanol–water partition coefficient (Wildman–Crippen LogP) is 3.88. The van der Waals surface area contributed by atoms with Crippen LogP contribution in [-0.2, 0) is 9.59 Å². The van der Waals surface area contributed by atoms with Crippen LogP contribution >= 0.6 is 23.5 Å². The van der Waals surface area contributed by atoms with Gasteiger partial charge in [-0.2, -0.15) is 0 Å². The van der Waals surface area contributed by atoms with Gasteiger partial charge in [-0.3, -0.25) is 9.59 Å². The molecule has 2 aromatic carbocycles. The van der Waals surface area contributed by atoms with Gasteiger partial charge in [-0.15, -0.1) is 23.5 Å². The number of carbonyl (C=O) groups is 2. The maximum atomic E-state index is 13.6. The van der Waals surface area contributed by atoms with E-state index in [0.717, 1.165) is 28.8 Å². The molecule has 0 unspecified atom stereocenters. The fraction of sp³-hybridized carbons (Fsp3) is 0.222. The molecule has 0 bridgehead atoms. The van der Waals surface area contributed by atoms with E-state index in [9.17, 15) is 18.4 Å². The number of carbonyl (C=O) groups excluding carboxylic acids is 2. The van der Waals surface area contributed by atoms with E-state index in [2.05, 4.69) is 5.32 Å². The summed E-state index contributed by atoms with van der Waals surface area (Å²) >= 11 is 2.47. The second-order valence-corrected chi connectivity index (χ2v) is 7.23. The van der Waals surface area contributed by atoms with E-state index in [1.807, 2.05) is 24.5 Å². The van der Waals surface area contributed by atoms with Crippen molar-refractivity contribution in [3.05, 3.63) is 54.1 Å². The number of rotatable bonds is 7. The first-order valence-electron chi connectivity index (χ1n) is 7.65. The number of nitrogens with zero attached hydrogens (tertiary/aromatic N) is 1. The zero-order valence-corrected chi connectivity index (χ0v) is 15.9. The number of benzene rings is 2. The largest absolute Gasteiger partial charge is 0.336 e. The molecule has 0 aliphatic heterocycles. The zero-order chi connectivity index (χ0) is 19.1. The third-order valence-electron chi connectivity index (χ3n) is 3.43. The lowest BCUT2D eigenvalue weighted by atomic mass is 10.3. The van der Waals surface area contributed by atoms with Crippen LogP contribution in [0.5, 0.6) is 0 Å². The van der Waals surface area contributed by atoms with Crippen molar-refractivity contribution in [3.8, 4) is 0 Å². The quantitative estimate of drug-likeness (QED) is 0.722. The van der Waals surface area contributed by atoms with Crippen molar-refractivity contribution in [1.29, 1.82) is 0 Å². The Morgan fingerprint density at radius 2 is 1.85 bits per heavy atom. The Morgan fingerprint density at radius 1 is 1.12 bits per heavy atom. The third kappa shape index (κ3) is 5.74. The number of nitrogens with one attached hydrogen (secondary N) is 1. The molecule has 4 nitrogen and oxygen atoms in total. The molecule has 0 spiro atoms. The fourth-order valence-corrected chi connectivity index (χ4v) is 3.50. The van der Waals surface area contributed by atoms with Gasteiger partial charge in [-0.25, -0.2) is 8.78 Å². The number of halogens is 2. The van der Waals surface area contributed by atoms with Gasteiger partial charge in [0, 0.05) is 22.9 Å². The SMILES string of the molecule is CSc1ccccc1NC(=O)CN(C)C(=O)CSc1ccc(F)cc1F. The van der Waals surface area contributed by atoms with Gasteiger partial charge in [0.25, 0.3) is 0 Å². The molecule has 0 aliphatic rings. The highest BCUT2D eigenvalue weighted by atomic mass is 32.2. The molecule has 0 saturated carbocycles. The maximum Gasteiger partial charge on any atom is 0.244 e. The Labute approximate surface area is 159 Å². The number of amides is 2. The average molecular weight is 396 g/mol. The first-order valence-corrected chi connectivity index (χ1v) is 9.86. The number of hydrogen-bond donors (Lipinski definition) is 1. The van der Waals surface area contributed by atoms with Crippen LogP contribution < -0.4 is 5.32 Å². The highest BCUT2D eigenvalue weighted by molar-refractivity contribution is 8.00. The van der Waals surface area contributed by atoms with Crippen molar-refractivity contribution < 1.29 is 18.4 Å². The molecule has 138 valence electrons. The van der Waals surface area contributed by atoms with Crippen molar-refractivity contribution in [1.82, 2.24) is 4.90 Å². The van der Waals surface area contributed by atoms with Gasteiger partial charge in [0.1, 0.15) is 11.6 Å². The molecule has 26 heavy (non-hydrogen) atoms. The predicted molar refractivity (Wildman–Crippen MR) is 102 cm³/mol. The molecule has 0 radical (unpaired) electrons. The first kappa shape index (κ1) is 20.3. The van der Waals surface area contributed by atoms with Crippen molar-refractivity contribution in [2.24, 2.45) is 0 Å². The Balaban J connectivity index is 1.87. The van der Waals surface area contributed by atoms with Gasteiger partial charge in [0.15, 0.2) is 0 Å². The van der Waals surface area contributed by atoms with Crippen LogP contribution in [0.1, 0.15) is 0 Å². The molecule has 8 heteroatoms. The van der Waals surface area contributed by atoms with Gasteiger partial charge in [-0.1, -0.05) is 12.1 Å². The maximum absolute atomic E-state index is 13.6. The van der Waals surface area contributed by atoms with E-state index < -0.39 is 11.6 Å². The van der Waals surface area contributed by atoms with E-state index in [-0.39, 0.29) is 29.0 Å². The summed E-state index contributed by atoms with van der Waals surface area (Å²) in [6.07, 6.45) is 1.91. The standard InChI is InChI=1S/C18H18F2N2O2S2/c1-22(10-17(23)21-14-5-3-4-6-16(14)25-2)18(24)11-26-15-8-7-12(19)9-13(15)20/h3-9H,10-11H2,1-2H3,(H,21,23). The van der Waals surface area contributed by atoms with Gasteiger partial charge in [-0.05, 0) is 30.5 Å². The summed E-state index contributed by atoms with van der Waals surface area (Å²) < 4.78 is 26.5. The molecule has 0 fully saturated rings. The second kappa shape index (κ2) is 9.59. The van der Waals surface area contributed by atoms with Crippen LogP contribution in [0.4, 0.5) is 14.5 Å². The lowest BCUT2D eigenvalue weighted by Crippen LogP contribution is -2.36. The first-order chi connectivity index (χ1) is 12.4. The van der Waals surface area contributed by atoms with E-state index >= 15 is 0 Å². The fourth-order valence-electron chi connectivity index (χ4n) is 2.08. The molecule has 0 aliphatic carbocycles. The minimum atomic E-state index is -0.711. The topological polar surface area (TPSA) is 49.4 Å². The second-order valence-electron chi connectivity index (χ2n) is 5.36. The van der Waals surface area contributed by atoms with Gasteiger partial charge >= 0.3 is 0 Å². The van der Waals surface area contributed by atoms with Crippen molar-refractivity contribution in [2.75, 3.05) is 30.9 Å². The minimum absolute atomic E-state index is 0.0479. The normalized spacial score (nSPS) is 10.5. The summed E-state index contributed by atoms with van der Waals surface area (Å²) in [5, 5.41) is 2.77. The van der Waals surface area contributed by atoms with Crippen LogP contribution in [-0.4, -0.2) is 42.3 Å². The monoisotopic (exact) mass is 396 g/mol. The lowest BCUT2D eigenvalue weighted by Gasteiger charge is -2.17. The molecular formula is C18H18F2N2O2S2. The van der Waals surface area contributed by atoms with Crippen molar-refractivity contribution >= 4 is 41.0 Å². The molecule has 0 saturated heterocycles. The molecular weight excluding hydrogens is 378 g/mol. The zero-order valence-electron chi connectivity index (χ0n) is 14.3. The van der Waals surface area contributed by atoms with Crippen LogP contribution in [0.3, 0.4) is 0 Å². The summed E-state index contributed by atoms with van der Waals surface area (Å²) in [6, 6.07) is 10.6. The van der Waals surface area contributed by atoms with E-state index in [1.54, 1.807) is 6.07 Å². The number of thioether (sulfide) groups is 2. The van der Waals surface area contributed by atoms with Crippen molar-refractivity contribution in [2.45, 2.75) is 9.79 Å². The van der Waals surface area contributed by atoms with Gasteiger partial charge < -0.3 is 10.2 Å². The smallest absolute Gasteiger partial charge is 0.244 e. The summed E-state index contributed by atoms with van der Waals surface area (Å²) in [4.78, 5) is 26.7. The van der Waals surface area contributed by atoms with E-state index in [0.29, 0.717) is 5.69 Å². The summed E-state index contributed by atoms with van der Waals surface area (Å²) in [7, 11) is 1.50. The Kier molecular flexibility index (Phi) is 7.47. The van der Waals surface area contributed by atoms with Crippen LogP contribution in [0.2, 0.25) is 0 Å². The lowest BCUT2D eigenvalue weighted by molar-refractivity contribution is -0.131. The molecule has 2 amide bonds. The van der Waals surface area contributed by atoms with Crippen LogP contribution in [0.25, 0.3) is 0 Å². The molecule has 1 N–H and O–H groups in total. The number of hydrogen-bond acceptors (Lipinski definition) is 4. The average Bonchev–Trinajstić information content (AvgIpc) is 2.61. The number of para-hydroxylation sites is 1. The summed E-state index contributed by atoms with van der Waals surface area (Å²) in [6.45, 7) is -0.117. The van der Waals surface area contributed by atoms with E-state index in [4.69, 9.17) is 0 Å². The number of likely N-dealkylation sites (N-methyl/N-ethyl adjacent to an activating group) is 1. The molecule has 2 aromatic rings. The Bertz CT molecular complexity index is 803. The van der Waals surface area contributed by atoms with Crippen molar-refractivity contribution in [3.63, 3.8) is 0 Å². The molecule has 0 atom stereocenters.